The van der Waals surface area contributed by atoms with Crippen molar-refractivity contribution in [2.45, 2.75) is 32.7 Å². The molecule has 6 nitrogen and oxygen atoms in total. The van der Waals surface area contributed by atoms with E-state index >= 15 is 0 Å². The molecule has 124 valence electrons. The lowest BCUT2D eigenvalue weighted by Gasteiger charge is -2.30. The predicted molar refractivity (Wildman–Crippen MR) is 91.0 cm³/mol. The zero-order chi connectivity index (χ0) is 16.2. The van der Waals surface area contributed by atoms with E-state index in [0.717, 1.165) is 51.1 Å². The van der Waals surface area contributed by atoms with E-state index in [1.165, 1.54) is 10.4 Å². The molecule has 3 heterocycles. The molecule has 1 fully saturated rings. The number of hydrogen-bond donors (Lipinski definition) is 1. The van der Waals surface area contributed by atoms with Crippen molar-refractivity contribution in [2.75, 3.05) is 19.6 Å². The van der Waals surface area contributed by atoms with Gasteiger partial charge < -0.3 is 10.6 Å². The minimum absolute atomic E-state index is 0.0172. The Kier molecular flexibility index (Phi) is 5.07. The van der Waals surface area contributed by atoms with Gasteiger partial charge in [-0.3, -0.25) is 9.48 Å². The van der Waals surface area contributed by atoms with Crippen LogP contribution < -0.4 is 5.73 Å². The van der Waals surface area contributed by atoms with E-state index in [2.05, 4.69) is 33.6 Å². The van der Waals surface area contributed by atoms with Gasteiger partial charge in [-0.1, -0.05) is 5.21 Å². The summed E-state index contributed by atoms with van der Waals surface area (Å²) in [5, 5.41) is 10.6. The number of hydrogen-bond acceptors (Lipinski definition) is 5. The quantitative estimate of drug-likeness (QED) is 0.876. The molecule has 0 unspecified atom stereocenters. The molecule has 1 atom stereocenters. The van der Waals surface area contributed by atoms with Gasteiger partial charge in [0.15, 0.2) is 0 Å². The second kappa shape index (κ2) is 7.23. The highest BCUT2D eigenvalue weighted by atomic mass is 32.1. The lowest BCUT2D eigenvalue weighted by molar-refractivity contribution is -0.123. The Bertz CT molecular complexity index is 665. The third kappa shape index (κ3) is 3.97. The first-order chi connectivity index (χ1) is 11.1. The Labute approximate surface area is 140 Å². The highest BCUT2D eigenvalue weighted by molar-refractivity contribution is 7.13. The summed E-state index contributed by atoms with van der Waals surface area (Å²) >= 11 is 1.70. The van der Waals surface area contributed by atoms with Gasteiger partial charge in [-0.25, -0.2) is 0 Å². The number of aromatic nitrogens is 3. The average molecular weight is 333 g/mol. The molecule has 3 rings (SSSR count). The van der Waals surface area contributed by atoms with E-state index in [4.69, 9.17) is 5.73 Å². The Balaban J connectivity index is 1.49. The van der Waals surface area contributed by atoms with Crippen molar-refractivity contribution in [3.05, 3.63) is 23.2 Å². The second-order valence-electron chi connectivity index (χ2n) is 6.20. The van der Waals surface area contributed by atoms with Gasteiger partial charge in [0.1, 0.15) is 5.69 Å². The van der Waals surface area contributed by atoms with E-state index in [-0.39, 0.29) is 11.8 Å². The standard InChI is InChI=1S/C16H23N5OS/c1-12-5-9-23-15(12)14-11-21(19-18-14)8-3-7-20-6-2-4-13(10-20)16(17)22/h5,9,11,13H,2-4,6-8,10H2,1H3,(H2,17,22)/t13-/m0/s1. The molecule has 0 radical (unpaired) electrons. The Morgan fingerprint density at radius 2 is 2.35 bits per heavy atom. The SMILES string of the molecule is Cc1ccsc1-c1cn(CCCN2CCC[C@H](C(N)=O)C2)nn1. The van der Waals surface area contributed by atoms with Crippen molar-refractivity contribution in [1.82, 2.24) is 19.9 Å². The molecule has 1 amide bonds. The normalized spacial score (nSPS) is 19.1. The maximum Gasteiger partial charge on any atom is 0.221 e. The smallest absolute Gasteiger partial charge is 0.221 e. The number of nitrogens with zero attached hydrogens (tertiary/aromatic N) is 4. The molecule has 0 aliphatic carbocycles. The third-order valence-corrected chi connectivity index (χ3v) is 5.44. The van der Waals surface area contributed by atoms with Gasteiger partial charge in [-0.05, 0) is 56.3 Å². The number of aryl methyl sites for hydroxylation is 2. The lowest BCUT2D eigenvalue weighted by Crippen LogP contribution is -2.41. The number of carbonyl (C=O) groups is 1. The van der Waals surface area contributed by atoms with Crippen LogP contribution in [0.1, 0.15) is 24.8 Å². The molecule has 1 saturated heterocycles. The van der Waals surface area contributed by atoms with Crippen LogP contribution in [0.5, 0.6) is 0 Å². The van der Waals surface area contributed by atoms with Crippen molar-refractivity contribution >= 4 is 17.2 Å². The molecule has 1 aliphatic rings. The van der Waals surface area contributed by atoms with Crippen LogP contribution in [0.4, 0.5) is 0 Å². The minimum atomic E-state index is -0.165. The number of nitrogens with two attached hydrogens (primary N) is 1. The van der Waals surface area contributed by atoms with Crippen LogP contribution in [0.3, 0.4) is 0 Å². The van der Waals surface area contributed by atoms with Gasteiger partial charge in [-0.2, -0.15) is 0 Å². The highest BCUT2D eigenvalue weighted by Crippen LogP contribution is 2.26. The van der Waals surface area contributed by atoms with Gasteiger partial charge in [0, 0.05) is 13.1 Å². The van der Waals surface area contributed by atoms with Crippen LogP contribution in [0.2, 0.25) is 0 Å². The predicted octanol–water partition coefficient (Wildman–Crippen LogP) is 1.90. The van der Waals surface area contributed by atoms with Crippen molar-refractivity contribution in [3.8, 4) is 10.6 Å². The molecular formula is C16H23N5OS. The van der Waals surface area contributed by atoms with Crippen molar-refractivity contribution in [3.63, 3.8) is 0 Å². The van der Waals surface area contributed by atoms with Crippen LogP contribution in [0, 0.1) is 12.8 Å². The molecule has 23 heavy (non-hydrogen) atoms. The highest BCUT2D eigenvalue weighted by Gasteiger charge is 2.23. The summed E-state index contributed by atoms with van der Waals surface area (Å²) in [6, 6.07) is 2.10. The second-order valence-corrected chi connectivity index (χ2v) is 7.11. The molecule has 0 saturated carbocycles. The topological polar surface area (TPSA) is 77.0 Å². The molecule has 1 aliphatic heterocycles. The van der Waals surface area contributed by atoms with E-state index in [1.807, 2.05) is 10.9 Å². The van der Waals surface area contributed by atoms with Gasteiger partial charge in [0.2, 0.25) is 5.91 Å². The number of primary amides is 1. The summed E-state index contributed by atoms with van der Waals surface area (Å²) in [7, 11) is 0. The van der Waals surface area contributed by atoms with E-state index in [9.17, 15) is 4.79 Å². The van der Waals surface area contributed by atoms with Crippen LogP contribution in [-0.4, -0.2) is 45.4 Å². The number of carbonyl (C=O) groups excluding carboxylic acids is 1. The van der Waals surface area contributed by atoms with Gasteiger partial charge in [-0.15, -0.1) is 16.4 Å². The average Bonchev–Trinajstić information content (AvgIpc) is 3.16. The van der Waals surface area contributed by atoms with Gasteiger partial charge >= 0.3 is 0 Å². The number of rotatable bonds is 6. The Morgan fingerprint density at radius 3 is 3.09 bits per heavy atom. The number of likely N-dealkylation sites (tertiary alicyclic amines) is 1. The largest absolute Gasteiger partial charge is 0.369 e. The number of amides is 1. The van der Waals surface area contributed by atoms with E-state index in [0.29, 0.717) is 0 Å². The van der Waals surface area contributed by atoms with Crippen molar-refractivity contribution < 1.29 is 4.79 Å². The molecular weight excluding hydrogens is 310 g/mol. The van der Waals surface area contributed by atoms with Crippen molar-refractivity contribution in [1.29, 1.82) is 0 Å². The van der Waals surface area contributed by atoms with Crippen LogP contribution in [0.25, 0.3) is 10.6 Å². The molecule has 2 N–H and O–H groups in total. The van der Waals surface area contributed by atoms with Crippen LogP contribution in [0.15, 0.2) is 17.6 Å². The molecule has 2 aromatic rings. The summed E-state index contributed by atoms with van der Waals surface area (Å²) in [4.78, 5) is 14.8. The zero-order valence-electron chi connectivity index (χ0n) is 13.4. The van der Waals surface area contributed by atoms with Gasteiger partial charge in [0.25, 0.3) is 0 Å². The summed E-state index contributed by atoms with van der Waals surface area (Å²) < 4.78 is 1.91. The Morgan fingerprint density at radius 1 is 1.48 bits per heavy atom. The molecule has 0 spiro atoms. The summed E-state index contributed by atoms with van der Waals surface area (Å²) in [5.74, 6) is -0.148. The maximum absolute atomic E-state index is 11.3. The monoisotopic (exact) mass is 333 g/mol. The summed E-state index contributed by atoms with van der Waals surface area (Å²) in [5.41, 5.74) is 7.62. The molecule has 0 aromatic carbocycles. The Hall–Kier alpha value is -1.73. The van der Waals surface area contributed by atoms with Gasteiger partial charge in [0.05, 0.1) is 17.0 Å². The fraction of sp³-hybridized carbons (Fsp3) is 0.562. The van der Waals surface area contributed by atoms with Crippen LogP contribution in [-0.2, 0) is 11.3 Å². The molecule has 7 heteroatoms. The van der Waals surface area contributed by atoms with E-state index < -0.39 is 0 Å². The minimum Gasteiger partial charge on any atom is -0.369 e. The lowest BCUT2D eigenvalue weighted by atomic mass is 9.97. The molecule has 0 bridgehead atoms. The number of thiophene rings is 1. The summed E-state index contributed by atoms with van der Waals surface area (Å²) in [6.45, 7) is 5.76. The maximum atomic E-state index is 11.3. The fourth-order valence-electron chi connectivity index (χ4n) is 3.09. The first-order valence-electron chi connectivity index (χ1n) is 8.10. The molecule has 2 aromatic heterocycles. The first-order valence-corrected chi connectivity index (χ1v) is 8.97. The first kappa shape index (κ1) is 16.1. The fourth-order valence-corrected chi connectivity index (χ4v) is 3.97. The number of piperidine rings is 1. The zero-order valence-corrected chi connectivity index (χ0v) is 14.3. The van der Waals surface area contributed by atoms with Crippen LogP contribution >= 0.6 is 11.3 Å². The van der Waals surface area contributed by atoms with E-state index in [1.54, 1.807) is 11.3 Å². The van der Waals surface area contributed by atoms with Crippen molar-refractivity contribution in [2.24, 2.45) is 11.7 Å². The summed E-state index contributed by atoms with van der Waals surface area (Å²) in [6.07, 6.45) is 5.00. The third-order valence-electron chi connectivity index (χ3n) is 4.40.